The average Bonchev–Trinajstić information content (AvgIpc) is 2.90. The van der Waals surface area contributed by atoms with Crippen LogP contribution in [0.3, 0.4) is 0 Å². The number of allylic oxidation sites excluding steroid dienone is 4. The lowest BCUT2D eigenvalue weighted by atomic mass is 9.78. The maximum atomic E-state index is 12.8. The van der Waals surface area contributed by atoms with E-state index in [0.717, 1.165) is 64.2 Å². The quantitative estimate of drug-likeness (QED) is 0.138. The number of aryl methyl sites for hydroxylation is 1. The smallest absolute Gasteiger partial charge is 0.309 e. The summed E-state index contributed by atoms with van der Waals surface area (Å²) in [4.78, 5) is 12.8. The van der Waals surface area contributed by atoms with Gasteiger partial charge in [0.05, 0.1) is 5.92 Å². The van der Waals surface area contributed by atoms with Crippen LogP contribution in [0.25, 0.3) is 0 Å². The third kappa shape index (κ3) is 9.28. The minimum atomic E-state index is -0.760. The zero-order chi connectivity index (χ0) is 24.9. The SMILES string of the molecule is CCCCCc1ccc([C@H]2CC[C@H](C(=O)O[C@H]3CC[C@H](CCC=CC=C(F)C#N)CC3)CC2)cc1. The van der Waals surface area contributed by atoms with Crippen LogP contribution in [0, 0.1) is 23.2 Å². The van der Waals surface area contributed by atoms with E-state index in [4.69, 9.17) is 10.00 Å². The Hall–Kier alpha value is -2.41. The first-order valence-electron chi connectivity index (χ1n) is 13.8. The van der Waals surface area contributed by atoms with Crippen LogP contribution in [0.15, 0.2) is 48.3 Å². The van der Waals surface area contributed by atoms with Crippen molar-refractivity contribution in [1.82, 2.24) is 0 Å². The van der Waals surface area contributed by atoms with Gasteiger partial charge >= 0.3 is 5.97 Å². The van der Waals surface area contributed by atoms with Gasteiger partial charge < -0.3 is 4.74 Å². The lowest BCUT2D eigenvalue weighted by molar-refractivity contribution is -0.157. The van der Waals surface area contributed by atoms with E-state index in [1.165, 1.54) is 49.0 Å². The minimum Gasteiger partial charge on any atom is -0.462 e. The fraction of sp³-hybridized carbons (Fsp3) is 0.613. The van der Waals surface area contributed by atoms with Gasteiger partial charge in [-0.1, -0.05) is 56.2 Å². The molecule has 0 atom stereocenters. The van der Waals surface area contributed by atoms with Gasteiger partial charge in [-0.05, 0) is 106 Å². The van der Waals surface area contributed by atoms with Gasteiger partial charge in [-0.3, -0.25) is 4.79 Å². The van der Waals surface area contributed by atoms with Crippen LogP contribution in [0.1, 0.15) is 107 Å². The molecule has 2 aliphatic carbocycles. The molecule has 2 aliphatic rings. The van der Waals surface area contributed by atoms with Crippen LogP contribution in [0.5, 0.6) is 0 Å². The molecule has 0 amide bonds. The third-order valence-corrected chi connectivity index (χ3v) is 7.88. The molecule has 3 rings (SSSR count). The number of nitrogens with zero attached hydrogens (tertiary/aromatic N) is 1. The molecular weight excluding hydrogens is 437 g/mol. The summed E-state index contributed by atoms with van der Waals surface area (Å²) < 4.78 is 18.7. The predicted octanol–water partition coefficient (Wildman–Crippen LogP) is 8.51. The van der Waals surface area contributed by atoms with E-state index in [0.29, 0.717) is 11.8 Å². The summed E-state index contributed by atoms with van der Waals surface area (Å²) in [6, 6.07) is 10.7. The van der Waals surface area contributed by atoms with Crippen molar-refractivity contribution in [3.63, 3.8) is 0 Å². The Labute approximate surface area is 211 Å². The van der Waals surface area contributed by atoms with Crippen molar-refractivity contribution in [3.8, 4) is 6.07 Å². The molecule has 0 heterocycles. The number of esters is 1. The van der Waals surface area contributed by atoms with Gasteiger partial charge in [0.25, 0.3) is 0 Å². The van der Waals surface area contributed by atoms with Gasteiger partial charge in [0.15, 0.2) is 5.83 Å². The van der Waals surface area contributed by atoms with Crippen molar-refractivity contribution in [2.24, 2.45) is 11.8 Å². The number of unbranched alkanes of at least 4 members (excludes halogenated alkanes) is 2. The molecule has 0 spiro atoms. The second-order valence-electron chi connectivity index (χ2n) is 10.5. The molecule has 0 aromatic heterocycles. The monoisotopic (exact) mass is 479 g/mol. The van der Waals surface area contributed by atoms with Gasteiger partial charge in [0.1, 0.15) is 12.2 Å². The Kier molecular flexibility index (Phi) is 11.5. The van der Waals surface area contributed by atoms with Crippen LogP contribution < -0.4 is 0 Å². The molecule has 0 unspecified atom stereocenters. The first kappa shape index (κ1) is 27.2. The molecule has 2 saturated carbocycles. The number of halogens is 1. The summed E-state index contributed by atoms with van der Waals surface area (Å²) in [5.74, 6) is 0.522. The normalized spacial score (nSPS) is 25.3. The number of hydrogen-bond acceptors (Lipinski definition) is 3. The zero-order valence-electron chi connectivity index (χ0n) is 21.4. The minimum absolute atomic E-state index is 0.0208. The maximum absolute atomic E-state index is 12.8. The zero-order valence-corrected chi connectivity index (χ0v) is 21.4. The Balaban J connectivity index is 1.32. The standard InChI is InChI=1S/C31H42FNO2/c1-2-3-5-8-24-11-15-26(16-12-24)27-17-19-28(20-18-27)31(34)35-30-21-13-25(14-22-30)9-6-4-7-10-29(32)23-33/h4,7,10-12,15-16,25,27-28,30H,2-3,5-6,8-9,13-14,17-22H2,1H3/t25-,27-,28-,30-. The van der Waals surface area contributed by atoms with Crippen molar-refractivity contribution >= 4 is 5.97 Å². The first-order valence-corrected chi connectivity index (χ1v) is 13.8. The molecule has 0 bridgehead atoms. The third-order valence-electron chi connectivity index (χ3n) is 7.88. The highest BCUT2D eigenvalue weighted by atomic mass is 19.1. The molecule has 0 aliphatic heterocycles. The molecular formula is C31H42FNO2. The second-order valence-corrected chi connectivity index (χ2v) is 10.5. The summed E-state index contributed by atoms with van der Waals surface area (Å²) in [5.41, 5.74) is 2.87. The van der Waals surface area contributed by atoms with Gasteiger partial charge in [-0.2, -0.15) is 9.65 Å². The molecule has 0 N–H and O–H groups in total. The number of ether oxygens (including phenoxy) is 1. The molecule has 35 heavy (non-hydrogen) atoms. The van der Waals surface area contributed by atoms with E-state index in [1.807, 2.05) is 6.08 Å². The fourth-order valence-corrected chi connectivity index (χ4v) is 5.61. The summed E-state index contributed by atoms with van der Waals surface area (Å²) in [6.07, 6.45) is 19.8. The lowest BCUT2D eigenvalue weighted by Crippen LogP contribution is -2.29. The van der Waals surface area contributed by atoms with E-state index in [2.05, 4.69) is 31.2 Å². The van der Waals surface area contributed by atoms with Crippen LogP contribution in [0.4, 0.5) is 4.39 Å². The molecule has 3 nitrogen and oxygen atoms in total. The fourth-order valence-electron chi connectivity index (χ4n) is 5.61. The summed E-state index contributed by atoms with van der Waals surface area (Å²) in [7, 11) is 0. The van der Waals surface area contributed by atoms with Gasteiger partial charge in [-0.15, -0.1) is 0 Å². The predicted molar refractivity (Wildman–Crippen MR) is 139 cm³/mol. The molecule has 4 heteroatoms. The number of carbonyl (C=O) groups excluding carboxylic acids is 1. The molecule has 0 radical (unpaired) electrons. The topological polar surface area (TPSA) is 50.1 Å². The summed E-state index contributed by atoms with van der Waals surface area (Å²) >= 11 is 0. The van der Waals surface area contributed by atoms with E-state index in [1.54, 1.807) is 6.08 Å². The number of benzene rings is 1. The summed E-state index contributed by atoms with van der Waals surface area (Å²) in [6.45, 7) is 2.24. The average molecular weight is 480 g/mol. The van der Waals surface area contributed by atoms with Gasteiger partial charge in [-0.25, -0.2) is 0 Å². The Morgan fingerprint density at radius 2 is 1.77 bits per heavy atom. The van der Waals surface area contributed by atoms with Crippen molar-refractivity contribution in [1.29, 1.82) is 5.26 Å². The molecule has 190 valence electrons. The molecule has 1 aromatic carbocycles. The number of nitriles is 1. The Bertz CT molecular complexity index is 866. The van der Waals surface area contributed by atoms with E-state index in [9.17, 15) is 9.18 Å². The maximum Gasteiger partial charge on any atom is 0.309 e. The highest BCUT2D eigenvalue weighted by Crippen LogP contribution is 2.37. The van der Waals surface area contributed by atoms with E-state index >= 15 is 0 Å². The van der Waals surface area contributed by atoms with Crippen LogP contribution >= 0.6 is 0 Å². The Morgan fingerprint density at radius 3 is 2.43 bits per heavy atom. The molecule has 2 fully saturated rings. The lowest BCUT2D eigenvalue weighted by Gasteiger charge is -2.31. The van der Waals surface area contributed by atoms with E-state index < -0.39 is 5.83 Å². The van der Waals surface area contributed by atoms with Crippen molar-refractivity contribution in [2.45, 2.75) is 109 Å². The molecule has 0 saturated heterocycles. The largest absolute Gasteiger partial charge is 0.462 e. The highest BCUT2D eigenvalue weighted by molar-refractivity contribution is 5.72. The van der Waals surface area contributed by atoms with Crippen LogP contribution in [0.2, 0.25) is 0 Å². The Morgan fingerprint density at radius 1 is 1.06 bits per heavy atom. The van der Waals surface area contributed by atoms with E-state index in [-0.39, 0.29) is 18.0 Å². The second kappa shape index (κ2) is 14.9. The van der Waals surface area contributed by atoms with Gasteiger partial charge in [0, 0.05) is 0 Å². The number of rotatable bonds is 11. The highest BCUT2D eigenvalue weighted by Gasteiger charge is 2.31. The van der Waals surface area contributed by atoms with Gasteiger partial charge in [0.2, 0.25) is 0 Å². The van der Waals surface area contributed by atoms with Crippen molar-refractivity contribution < 1.29 is 13.9 Å². The van der Waals surface area contributed by atoms with Crippen molar-refractivity contribution in [3.05, 3.63) is 59.4 Å². The van der Waals surface area contributed by atoms with Crippen LogP contribution in [-0.2, 0) is 16.0 Å². The van der Waals surface area contributed by atoms with Crippen molar-refractivity contribution in [2.75, 3.05) is 0 Å². The summed E-state index contributed by atoms with van der Waals surface area (Å²) in [5, 5.41) is 8.40. The number of hydrogen-bond donors (Lipinski definition) is 0. The first-order chi connectivity index (χ1) is 17.1. The number of carbonyl (C=O) groups is 1. The van der Waals surface area contributed by atoms with Crippen LogP contribution in [-0.4, -0.2) is 12.1 Å². The molecule has 1 aromatic rings.